The zero-order valence-electron chi connectivity index (χ0n) is 19.5. The van der Waals surface area contributed by atoms with Crippen molar-refractivity contribution < 1.29 is 19.1 Å². The largest absolute Gasteiger partial charge is 0.497 e. The zero-order valence-corrected chi connectivity index (χ0v) is 19.5. The average molecular weight is 453 g/mol. The van der Waals surface area contributed by atoms with Crippen molar-refractivity contribution in [1.82, 2.24) is 9.80 Å². The van der Waals surface area contributed by atoms with Crippen molar-refractivity contribution in [3.8, 4) is 5.75 Å². The van der Waals surface area contributed by atoms with E-state index in [1.54, 1.807) is 31.4 Å². The Morgan fingerprint density at radius 1 is 0.970 bits per heavy atom. The molecular weight excluding hydrogens is 420 g/mol. The molecule has 3 amide bonds. The minimum atomic E-state index is -0.211. The van der Waals surface area contributed by atoms with Crippen molar-refractivity contribution >= 4 is 29.1 Å². The number of carbonyl (C=O) groups excluding carboxylic acids is 3. The predicted octanol–water partition coefficient (Wildman–Crippen LogP) is 2.85. The number of hydrogen-bond acceptors (Lipinski definition) is 5. The van der Waals surface area contributed by atoms with E-state index < -0.39 is 0 Å². The summed E-state index contributed by atoms with van der Waals surface area (Å²) in [5, 5.41) is 2.85. The summed E-state index contributed by atoms with van der Waals surface area (Å²) in [6, 6.07) is 14.8. The van der Waals surface area contributed by atoms with Crippen molar-refractivity contribution in [2.24, 2.45) is 0 Å². The molecule has 0 aliphatic carbocycles. The smallest absolute Gasteiger partial charge is 0.253 e. The number of methoxy groups -OCH3 is 1. The second-order valence-electron chi connectivity index (χ2n) is 8.04. The monoisotopic (exact) mass is 452 g/mol. The highest BCUT2D eigenvalue weighted by atomic mass is 16.5. The Morgan fingerprint density at radius 2 is 1.61 bits per heavy atom. The lowest BCUT2D eigenvalue weighted by Crippen LogP contribution is -2.48. The minimum Gasteiger partial charge on any atom is -0.497 e. The van der Waals surface area contributed by atoms with Gasteiger partial charge < -0.3 is 24.8 Å². The van der Waals surface area contributed by atoms with Crippen molar-refractivity contribution in [1.29, 1.82) is 0 Å². The maximum atomic E-state index is 12.8. The number of piperazine rings is 1. The molecule has 0 aromatic heterocycles. The van der Waals surface area contributed by atoms with Crippen LogP contribution in [0.1, 0.15) is 30.6 Å². The molecule has 33 heavy (non-hydrogen) atoms. The van der Waals surface area contributed by atoms with E-state index in [1.807, 2.05) is 36.1 Å². The van der Waals surface area contributed by atoms with E-state index in [9.17, 15) is 14.4 Å². The third-order valence-electron chi connectivity index (χ3n) is 5.69. The molecule has 0 bridgehead atoms. The van der Waals surface area contributed by atoms with Gasteiger partial charge in [-0.25, -0.2) is 0 Å². The lowest BCUT2D eigenvalue weighted by molar-refractivity contribution is -0.132. The molecule has 1 aliphatic rings. The molecule has 0 unspecified atom stereocenters. The van der Waals surface area contributed by atoms with Crippen LogP contribution in [0.15, 0.2) is 48.5 Å². The summed E-state index contributed by atoms with van der Waals surface area (Å²) in [6.07, 6.45) is 0.806. The number of ether oxygens (including phenoxy) is 1. The molecule has 1 heterocycles. The fourth-order valence-electron chi connectivity index (χ4n) is 3.83. The van der Waals surface area contributed by atoms with Gasteiger partial charge in [0.05, 0.1) is 13.7 Å². The fourth-order valence-corrected chi connectivity index (χ4v) is 3.83. The standard InChI is InChI=1S/C25H32N4O4/c1-4-13-29(19(2)30)18-24(31)26-21-7-9-22(10-8-21)27-14-16-28(17-15-27)25(32)20-5-11-23(33-3)12-6-20/h5-12H,4,13-18H2,1-3H3,(H,26,31). The Labute approximate surface area is 195 Å². The van der Waals surface area contributed by atoms with Gasteiger partial charge in [-0.2, -0.15) is 0 Å². The van der Waals surface area contributed by atoms with Crippen LogP contribution >= 0.6 is 0 Å². The van der Waals surface area contributed by atoms with Gasteiger partial charge in [-0.3, -0.25) is 14.4 Å². The Hall–Kier alpha value is -3.55. The van der Waals surface area contributed by atoms with Crippen LogP contribution in [-0.2, 0) is 9.59 Å². The highest BCUT2D eigenvalue weighted by Crippen LogP contribution is 2.21. The zero-order chi connectivity index (χ0) is 23.8. The van der Waals surface area contributed by atoms with Gasteiger partial charge in [-0.05, 0) is 55.0 Å². The highest BCUT2D eigenvalue weighted by molar-refractivity contribution is 5.95. The average Bonchev–Trinajstić information content (AvgIpc) is 2.84. The van der Waals surface area contributed by atoms with Gasteiger partial charge in [-0.15, -0.1) is 0 Å². The highest BCUT2D eigenvalue weighted by Gasteiger charge is 2.22. The maximum absolute atomic E-state index is 12.8. The Bertz CT molecular complexity index is 951. The van der Waals surface area contributed by atoms with E-state index in [1.165, 1.54) is 11.8 Å². The number of nitrogens with zero attached hydrogens (tertiary/aromatic N) is 3. The molecule has 3 rings (SSSR count). The lowest BCUT2D eigenvalue weighted by atomic mass is 10.1. The molecule has 0 atom stereocenters. The summed E-state index contributed by atoms with van der Waals surface area (Å²) in [5.74, 6) is 0.440. The molecule has 2 aromatic rings. The van der Waals surface area contributed by atoms with Crippen molar-refractivity contribution in [3.63, 3.8) is 0 Å². The van der Waals surface area contributed by atoms with Gasteiger partial charge in [0.1, 0.15) is 5.75 Å². The van der Waals surface area contributed by atoms with Crippen LogP contribution in [0.3, 0.4) is 0 Å². The third-order valence-corrected chi connectivity index (χ3v) is 5.69. The van der Waals surface area contributed by atoms with Crippen molar-refractivity contribution in [3.05, 3.63) is 54.1 Å². The van der Waals surface area contributed by atoms with Crippen LogP contribution in [-0.4, -0.2) is 73.9 Å². The van der Waals surface area contributed by atoms with Gasteiger partial charge in [0, 0.05) is 56.6 Å². The summed E-state index contributed by atoms with van der Waals surface area (Å²) >= 11 is 0. The molecule has 0 spiro atoms. The molecule has 8 nitrogen and oxygen atoms in total. The molecule has 176 valence electrons. The van der Waals surface area contributed by atoms with E-state index >= 15 is 0 Å². The van der Waals surface area contributed by atoms with Gasteiger partial charge in [0.2, 0.25) is 11.8 Å². The second-order valence-corrected chi connectivity index (χ2v) is 8.04. The predicted molar refractivity (Wildman–Crippen MR) is 129 cm³/mol. The summed E-state index contributed by atoms with van der Waals surface area (Å²) in [7, 11) is 1.60. The van der Waals surface area contributed by atoms with Gasteiger partial charge in [0.15, 0.2) is 0 Å². The number of benzene rings is 2. The number of anilines is 2. The number of rotatable bonds is 8. The molecule has 1 saturated heterocycles. The molecule has 2 aromatic carbocycles. The fraction of sp³-hybridized carbons (Fsp3) is 0.400. The maximum Gasteiger partial charge on any atom is 0.253 e. The van der Waals surface area contributed by atoms with Crippen molar-refractivity contribution in [2.45, 2.75) is 20.3 Å². The Morgan fingerprint density at radius 3 is 2.15 bits per heavy atom. The van der Waals surface area contributed by atoms with Gasteiger partial charge in [0.25, 0.3) is 5.91 Å². The Kier molecular flexibility index (Phi) is 8.29. The van der Waals surface area contributed by atoms with Crippen molar-refractivity contribution in [2.75, 3.05) is 56.6 Å². The molecule has 1 fully saturated rings. The quantitative estimate of drug-likeness (QED) is 0.666. The van der Waals surface area contributed by atoms with E-state index in [4.69, 9.17) is 4.74 Å². The number of nitrogens with one attached hydrogen (secondary N) is 1. The molecular formula is C25H32N4O4. The molecule has 1 N–H and O–H groups in total. The Balaban J connectivity index is 1.51. The van der Waals surface area contributed by atoms with Crippen LogP contribution in [0, 0.1) is 0 Å². The lowest BCUT2D eigenvalue weighted by Gasteiger charge is -2.36. The SMILES string of the molecule is CCCN(CC(=O)Nc1ccc(N2CCN(C(=O)c3ccc(OC)cc3)CC2)cc1)C(C)=O. The van der Waals surface area contributed by atoms with Crippen LogP contribution in [0.5, 0.6) is 5.75 Å². The molecule has 8 heteroatoms. The summed E-state index contributed by atoms with van der Waals surface area (Å²) in [6.45, 7) is 6.81. The minimum absolute atomic E-state index is 0.0260. The van der Waals surface area contributed by atoms with E-state index in [0.717, 1.165) is 30.9 Å². The van der Waals surface area contributed by atoms with Crippen LogP contribution in [0.2, 0.25) is 0 Å². The first kappa shape index (κ1) is 24.1. The molecule has 1 aliphatic heterocycles. The third kappa shape index (κ3) is 6.47. The molecule has 0 radical (unpaired) electrons. The van der Waals surface area contributed by atoms with E-state index in [0.29, 0.717) is 30.9 Å². The number of hydrogen-bond donors (Lipinski definition) is 1. The summed E-state index contributed by atoms with van der Waals surface area (Å²) in [4.78, 5) is 42.3. The molecule has 0 saturated carbocycles. The topological polar surface area (TPSA) is 82.2 Å². The first-order valence-corrected chi connectivity index (χ1v) is 11.2. The van der Waals surface area contributed by atoms with E-state index in [-0.39, 0.29) is 24.3 Å². The number of amides is 3. The van der Waals surface area contributed by atoms with E-state index in [2.05, 4.69) is 10.2 Å². The summed E-state index contributed by atoms with van der Waals surface area (Å²) in [5.41, 5.74) is 2.39. The normalized spacial score (nSPS) is 13.4. The van der Waals surface area contributed by atoms with Crippen LogP contribution < -0.4 is 15.0 Å². The van der Waals surface area contributed by atoms with Gasteiger partial charge >= 0.3 is 0 Å². The van der Waals surface area contributed by atoms with Crippen LogP contribution in [0.25, 0.3) is 0 Å². The van der Waals surface area contributed by atoms with Gasteiger partial charge in [-0.1, -0.05) is 6.92 Å². The number of carbonyl (C=O) groups is 3. The first-order chi connectivity index (χ1) is 15.9. The summed E-state index contributed by atoms with van der Waals surface area (Å²) < 4.78 is 5.15. The van der Waals surface area contributed by atoms with Crippen LogP contribution in [0.4, 0.5) is 11.4 Å². The first-order valence-electron chi connectivity index (χ1n) is 11.2. The second kappa shape index (κ2) is 11.4.